The maximum atomic E-state index is 12.0. The molecule has 10 nitrogen and oxygen atoms in total. The summed E-state index contributed by atoms with van der Waals surface area (Å²) in [5.74, 6) is 0.772. The Labute approximate surface area is 180 Å². The van der Waals surface area contributed by atoms with E-state index >= 15 is 0 Å². The highest BCUT2D eigenvalue weighted by Gasteiger charge is 2.29. The maximum absolute atomic E-state index is 12.0. The number of anilines is 1. The Balaban J connectivity index is 1.38. The molecule has 3 rings (SSSR count). The quantitative estimate of drug-likeness (QED) is 0.419. The Morgan fingerprint density at radius 3 is 2.93 bits per heavy atom. The number of thioether (sulfide) groups is 1. The van der Waals surface area contributed by atoms with Crippen LogP contribution >= 0.6 is 20.0 Å². The van der Waals surface area contributed by atoms with Gasteiger partial charge in [0.05, 0.1) is 25.6 Å². The summed E-state index contributed by atoms with van der Waals surface area (Å²) in [4.78, 5) is 24.4. The largest absolute Gasteiger partial charge is 0.382 e. The third kappa shape index (κ3) is 5.59. The molecule has 0 aromatic carbocycles. The van der Waals surface area contributed by atoms with Crippen LogP contribution in [0, 0.1) is 5.41 Å². The lowest BCUT2D eigenvalue weighted by molar-refractivity contribution is -0.118. The summed E-state index contributed by atoms with van der Waals surface area (Å²) in [6.07, 6.45) is 4.85. The van der Waals surface area contributed by atoms with Crippen LogP contribution in [-0.2, 0) is 23.1 Å². The zero-order valence-corrected chi connectivity index (χ0v) is 19.2. The first-order chi connectivity index (χ1) is 14.3. The molecule has 0 bridgehead atoms. The Hall–Kier alpha value is -1.52. The third-order valence-electron chi connectivity index (χ3n) is 5.14. The molecule has 1 unspecified atom stereocenters. The number of nitrogen functional groups attached to an aromatic ring is 1. The summed E-state index contributed by atoms with van der Waals surface area (Å²) in [6.45, 7) is 6.18. The van der Waals surface area contributed by atoms with Crippen molar-refractivity contribution in [1.82, 2.24) is 19.5 Å². The molecule has 1 fully saturated rings. The van der Waals surface area contributed by atoms with E-state index in [0.717, 1.165) is 19.3 Å². The van der Waals surface area contributed by atoms with E-state index in [1.807, 2.05) is 25.3 Å². The zero-order valence-electron chi connectivity index (χ0n) is 17.4. The molecule has 0 radical (unpaired) electrons. The van der Waals surface area contributed by atoms with Gasteiger partial charge in [0, 0.05) is 11.2 Å². The van der Waals surface area contributed by atoms with Crippen LogP contribution in [-0.4, -0.2) is 49.7 Å². The van der Waals surface area contributed by atoms with Crippen LogP contribution in [0.1, 0.15) is 46.3 Å². The Morgan fingerprint density at radius 2 is 2.17 bits per heavy atom. The van der Waals surface area contributed by atoms with Gasteiger partial charge in [0.15, 0.2) is 16.6 Å². The molecule has 2 aromatic heterocycles. The van der Waals surface area contributed by atoms with E-state index in [0.29, 0.717) is 22.7 Å². The van der Waals surface area contributed by atoms with Crippen molar-refractivity contribution in [3.63, 3.8) is 0 Å². The van der Waals surface area contributed by atoms with Crippen molar-refractivity contribution in [3.05, 3.63) is 12.7 Å². The van der Waals surface area contributed by atoms with Crippen LogP contribution in [0.5, 0.6) is 0 Å². The minimum atomic E-state index is -2.64. The fraction of sp³-hybridized carbons (Fsp3) is 0.667. The van der Waals surface area contributed by atoms with Gasteiger partial charge in [-0.2, -0.15) is 0 Å². The van der Waals surface area contributed by atoms with Gasteiger partial charge < -0.3 is 19.5 Å². The van der Waals surface area contributed by atoms with Gasteiger partial charge in [-0.05, 0) is 19.3 Å². The van der Waals surface area contributed by atoms with Crippen molar-refractivity contribution in [2.24, 2.45) is 5.41 Å². The topological polar surface area (TPSA) is 131 Å². The number of nitrogens with zero attached hydrogens (tertiary/aromatic N) is 4. The van der Waals surface area contributed by atoms with Crippen molar-refractivity contribution in [3.8, 4) is 0 Å². The van der Waals surface area contributed by atoms with E-state index in [9.17, 15) is 9.36 Å². The number of nitrogens with two attached hydrogens (primary N) is 1. The highest BCUT2D eigenvalue weighted by molar-refractivity contribution is 8.13. The van der Waals surface area contributed by atoms with Crippen molar-refractivity contribution < 1.29 is 23.1 Å². The summed E-state index contributed by atoms with van der Waals surface area (Å²) >= 11 is 1.20. The first-order valence-electron chi connectivity index (χ1n) is 9.87. The first-order valence-corrected chi connectivity index (χ1v) is 12.1. The molecule has 1 saturated heterocycles. The van der Waals surface area contributed by atoms with Gasteiger partial charge in [0.25, 0.3) is 0 Å². The van der Waals surface area contributed by atoms with Gasteiger partial charge in [-0.1, -0.05) is 32.5 Å². The summed E-state index contributed by atoms with van der Waals surface area (Å²) in [6, 6.07) is 0. The molecular weight excluding hydrogens is 429 g/mol. The average molecular weight is 457 g/mol. The number of carbonyl (C=O) groups excluding carboxylic acids is 1. The lowest BCUT2D eigenvalue weighted by Crippen LogP contribution is -2.20. The first kappa shape index (κ1) is 23.1. The lowest BCUT2D eigenvalue weighted by atomic mass is 9.92. The maximum Gasteiger partial charge on any atom is 0.319 e. The molecule has 0 spiro atoms. The predicted octanol–water partition coefficient (Wildman–Crippen LogP) is 3.21. The number of ether oxygens (including phenoxy) is 1. The molecular formula is C18H28N5O5PS. The highest BCUT2D eigenvalue weighted by Crippen LogP contribution is 2.33. The number of aromatic nitrogens is 4. The van der Waals surface area contributed by atoms with Gasteiger partial charge in [0.2, 0.25) is 0 Å². The lowest BCUT2D eigenvalue weighted by Gasteiger charge is -2.19. The fourth-order valence-corrected chi connectivity index (χ4v) is 4.61. The SMILES string of the molecule is CCC(C)(C)C(=O)SCCO[PH](=O)OC[C@H]1CC[C@@H](n2cnc3c(N)ncnc32)O1. The van der Waals surface area contributed by atoms with Crippen LogP contribution in [0.2, 0.25) is 0 Å². The molecule has 12 heteroatoms. The number of hydrogen-bond donors (Lipinski definition) is 1. The Kier molecular flexibility index (Phi) is 7.86. The second-order valence-electron chi connectivity index (χ2n) is 7.66. The molecule has 2 aromatic rings. The van der Waals surface area contributed by atoms with Crippen molar-refractivity contribution in [1.29, 1.82) is 0 Å². The second-order valence-corrected chi connectivity index (χ2v) is 9.80. The summed E-state index contributed by atoms with van der Waals surface area (Å²) < 4.78 is 30.3. The van der Waals surface area contributed by atoms with Gasteiger partial charge in [-0.3, -0.25) is 13.9 Å². The van der Waals surface area contributed by atoms with Crippen molar-refractivity contribution >= 4 is 42.1 Å². The van der Waals surface area contributed by atoms with Gasteiger partial charge in [-0.25, -0.2) is 15.0 Å². The molecule has 3 heterocycles. The van der Waals surface area contributed by atoms with E-state index < -0.39 is 8.25 Å². The molecule has 0 saturated carbocycles. The molecule has 0 amide bonds. The number of carbonyl (C=O) groups is 1. The number of hydrogen-bond acceptors (Lipinski definition) is 10. The minimum absolute atomic E-state index is 0.110. The monoisotopic (exact) mass is 457 g/mol. The van der Waals surface area contributed by atoms with Crippen LogP contribution in [0.15, 0.2) is 12.7 Å². The van der Waals surface area contributed by atoms with E-state index in [4.69, 9.17) is 19.5 Å². The number of imidazole rings is 1. The Morgan fingerprint density at radius 1 is 1.37 bits per heavy atom. The molecule has 3 atom stereocenters. The average Bonchev–Trinajstić information content (AvgIpc) is 3.36. The van der Waals surface area contributed by atoms with Crippen LogP contribution in [0.25, 0.3) is 11.2 Å². The molecule has 1 aliphatic rings. The number of fused-ring (bicyclic) bond motifs is 1. The summed E-state index contributed by atoms with van der Waals surface area (Å²) in [5, 5.41) is 0.110. The van der Waals surface area contributed by atoms with E-state index in [-0.39, 0.29) is 36.1 Å². The fourth-order valence-electron chi connectivity index (χ4n) is 2.90. The van der Waals surface area contributed by atoms with Gasteiger partial charge in [-0.15, -0.1) is 0 Å². The van der Waals surface area contributed by atoms with Crippen LogP contribution in [0.4, 0.5) is 5.82 Å². The Bertz CT molecular complexity index is 908. The molecule has 0 aliphatic carbocycles. The van der Waals surface area contributed by atoms with Crippen molar-refractivity contribution in [2.75, 3.05) is 24.7 Å². The zero-order chi connectivity index (χ0) is 21.7. The van der Waals surface area contributed by atoms with Crippen LogP contribution in [0.3, 0.4) is 0 Å². The third-order valence-corrected chi connectivity index (χ3v) is 7.17. The normalized spacial score (nSPS) is 20.6. The van der Waals surface area contributed by atoms with Crippen molar-refractivity contribution in [2.45, 2.75) is 52.4 Å². The summed E-state index contributed by atoms with van der Waals surface area (Å²) in [7, 11) is -2.64. The van der Waals surface area contributed by atoms with Crippen LogP contribution < -0.4 is 5.73 Å². The smallest absolute Gasteiger partial charge is 0.319 e. The molecule has 1 aliphatic heterocycles. The number of rotatable bonds is 10. The van der Waals surface area contributed by atoms with E-state index in [1.165, 1.54) is 18.1 Å². The van der Waals surface area contributed by atoms with E-state index in [1.54, 1.807) is 6.33 Å². The second kappa shape index (κ2) is 10.2. The standard InChI is InChI=1S/C18H28N5O5PS/c1-4-18(2,3)17(24)30-8-7-26-29(25)27-9-12-5-6-13(28-12)23-11-22-14-15(19)20-10-21-16(14)23/h10-13,29H,4-9H2,1-3H3,(H2,19,20,21)/t12-,13+/m1/s1. The van der Waals surface area contributed by atoms with Gasteiger partial charge >= 0.3 is 8.25 Å². The molecule has 2 N–H and O–H groups in total. The predicted molar refractivity (Wildman–Crippen MR) is 115 cm³/mol. The highest BCUT2D eigenvalue weighted by atomic mass is 32.2. The minimum Gasteiger partial charge on any atom is -0.382 e. The summed E-state index contributed by atoms with van der Waals surface area (Å²) in [5.41, 5.74) is 6.61. The molecule has 30 heavy (non-hydrogen) atoms. The molecule has 166 valence electrons. The van der Waals surface area contributed by atoms with E-state index in [2.05, 4.69) is 15.0 Å². The van der Waals surface area contributed by atoms with Gasteiger partial charge in [0.1, 0.15) is 18.1 Å².